The maximum Gasteiger partial charge on any atom is 0.309 e. The van der Waals surface area contributed by atoms with Crippen LogP contribution in [0, 0.1) is 5.92 Å². The summed E-state index contributed by atoms with van der Waals surface area (Å²) in [4.78, 5) is 11.3. The van der Waals surface area contributed by atoms with Gasteiger partial charge in [-0.1, -0.05) is 6.92 Å². The molecule has 0 aliphatic carbocycles. The zero-order chi connectivity index (χ0) is 12.0. The van der Waals surface area contributed by atoms with Crippen molar-refractivity contribution in [1.82, 2.24) is 15.1 Å². The highest BCUT2D eigenvalue weighted by Crippen LogP contribution is 2.04. The Hall–Kier alpha value is -1.36. The molecule has 90 valence electrons. The molecule has 1 aromatic rings. The Labute approximate surface area is 95.8 Å². The van der Waals surface area contributed by atoms with Gasteiger partial charge in [-0.15, -0.1) is 0 Å². The largest absolute Gasteiger partial charge is 0.469 e. The summed E-state index contributed by atoms with van der Waals surface area (Å²) in [6, 6.07) is 1.99. The van der Waals surface area contributed by atoms with Gasteiger partial charge >= 0.3 is 5.97 Å². The summed E-state index contributed by atoms with van der Waals surface area (Å²) in [5, 5.41) is 7.37. The van der Waals surface area contributed by atoms with Gasteiger partial charge in [0.05, 0.1) is 19.6 Å². The number of nitrogens with zero attached hydrogens (tertiary/aromatic N) is 2. The van der Waals surface area contributed by atoms with E-state index in [1.54, 1.807) is 6.20 Å². The number of methoxy groups -OCH3 is 1. The molecule has 1 aromatic heterocycles. The molecule has 0 aromatic carbocycles. The van der Waals surface area contributed by atoms with Crippen LogP contribution in [0.15, 0.2) is 18.5 Å². The molecule has 2 unspecified atom stereocenters. The average molecular weight is 225 g/mol. The maximum atomic E-state index is 11.3. The Balaban J connectivity index is 2.24. The van der Waals surface area contributed by atoms with Crippen LogP contribution in [-0.2, 0) is 16.1 Å². The second kappa shape index (κ2) is 6.27. The lowest BCUT2D eigenvalue weighted by atomic mass is 10.0. The molecule has 2 atom stereocenters. The van der Waals surface area contributed by atoms with Gasteiger partial charge in [-0.2, -0.15) is 5.10 Å². The minimum Gasteiger partial charge on any atom is -0.469 e. The van der Waals surface area contributed by atoms with Crippen LogP contribution >= 0.6 is 0 Å². The van der Waals surface area contributed by atoms with Gasteiger partial charge in [0.2, 0.25) is 0 Å². The van der Waals surface area contributed by atoms with Crippen molar-refractivity contribution < 1.29 is 9.53 Å². The summed E-state index contributed by atoms with van der Waals surface area (Å²) in [5.41, 5.74) is 0. The highest BCUT2D eigenvalue weighted by molar-refractivity contribution is 5.72. The molecule has 0 saturated carbocycles. The predicted octanol–water partition coefficient (Wildman–Crippen LogP) is 0.670. The molecule has 5 nitrogen and oxygen atoms in total. The summed E-state index contributed by atoms with van der Waals surface area (Å²) in [7, 11) is 1.41. The monoisotopic (exact) mass is 225 g/mol. The first-order valence-corrected chi connectivity index (χ1v) is 5.43. The van der Waals surface area contributed by atoms with Crippen LogP contribution in [0.2, 0.25) is 0 Å². The Morgan fingerprint density at radius 1 is 1.56 bits per heavy atom. The first kappa shape index (κ1) is 12.7. The van der Waals surface area contributed by atoms with Gasteiger partial charge in [-0.05, 0) is 13.0 Å². The number of nitrogens with one attached hydrogen (secondary N) is 1. The number of hydrogen-bond acceptors (Lipinski definition) is 4. The van der Waals surface area contributed by atoms with Crippen LogP contribution in [0.5, 0.6) is 0 Å². The van der Waals surface area contributed by atoms with Gasteiger partial charge in [0.15, 0.2) is 0 Å². The molecule has 1 heterocycles. The van der Waals surface area contributed by atoms with Crippen LogP contribution in [0.25, 0.3) is 0 Å². The number of ether oxygens (including phenoxy) is 1. The average Bonchev–Trinajstić information content (AvgIpc) is 2.79. The molecule has 0 saturated heterocycles. The topological polar surface area (TPSA) is 56.1 Å². The molecular formula is C11H19N3O2. The third kappa shape index (κ3) is 3.66. The Morgan fingerprint density at radius 3 is 2.88 bits per heavy atom. The van der Waals surface area contributed by atoms with Crippen molar-refractivity contribution >= 4 is 5.97 Å². The highest BCUT2D eigenvalue weighted by atomic mass is 16.5. The Kier molecular flexibility index (Phi) is 4.98. The summed E-state index contributed by atoms with van der Waals surface area (Å²) in [6.07, 6.45) is 3.66. The molecule has 5 heteroatoms. The van der Waals surface area contributed by atoms with Crippen LogP contribution in [0.4, 0.5) is 0 Å². The molecule has 0 aliphatic heterocycles. The lowest BCUT2D eigenvalue weighted by Gasteiger charge is -2.19. The van der Waals surface area contributed by atoms with E-state index in [2.05, 4.69) is 15.2 Å². The van der Waals surface area contributed by atoms with Gasteiger partial charge < -0.3 is 10.1 Å². The Bertz CT molecular complexity index is 311. The van der Waals surface area contributed by atoms with Crippen LogP contribution in [0.3, 0.4) is 0 Å². The van der Waals surface area contributed by atoms with Gasteiger partial charge in [0.25, 0.3) is 0 Å². The smallest absolute Gasteiger partial charge is 0.309 e. The fraction of sp³-hybridized carbons (Fsp3) is 0.636. The van der Waals surface area contributed by atoms with Crippen molar-refractivity contribution in [2.75, 3.05) is 13.7 Å². The lowest BCUT2D eigenvalue weighted by Crippen LogP contribution is -2.38. The van der Waals surface area contributed by atoms with E-state index in [1.807, 2.05) is 30.8 Å². The third-order valence-electron chi connectivity index (χ3n) is 2.69. The predicted molar refractivity (Wildman–Crippen MR) is 60.9 cm³/mol. The van der Waals surface area contributed by atoms with Gasteiger partial charge in [0.1, 0.15) is 0 Å². The van der Waals surface area contributed by atoms with Crippen LogP contribution in [0.1, 0.15) is 13.8 Å². The molecule has 0 aliphatic rings. The van der Waals surface area contributed by atoms with E-state index in [-0.39, 0.29) is 17.9 Å². The van der Waals surface area contributed by atoms with E-state index in [4.69, 9.17) is 0 Å². The van der Waals surface area contributed by atoms with Crippen molar-refractivity contribution in [3.8, 4) is 0 Å². The number of carbonyl (C=O) groups is 1. The van der Waals surface area contributed by atoms with Gasteiger partial charge in [-0.3, -0.25) is 9.48 Å². The molecule has 1 rings (SSSR count). The second-order valence-corrected chi connectivity index (χ2v) is 3.82. The van der Waals surface area contributed by atoms with Crippen LogP contribution < -0.4 is 5.32 Å². The Morgan fingerprint density at radius 2 is 2.31 bits per heavy atom. The van der Waals surface area contributed by atoms with E-state index in [0.717, 1.165) is 13.1 Å². The number of esters is 1. The zero-order valence-electron chi connectivity index (χ0n) is 10.0. The maximum absolute atomic E-state index is 11.3. The SMILES string of the molecule is COC(=O)C(C)C(C)NCCn1cccn1. The van der Waals surface area contributed by atoms with E-state index in [0.29, 0.717) is 0 Å². The molecule has 0 fully saturated rings. The van der Waals surface area contributed by atoms with Crippen LogP contribution in [-0.4, -0.2) is 35.4 Å². The van der Waals surface area contributed by atoms with E-state index in [1.165, 1.54) is 7.11 Å². The minimum absolute atomic E-state index is 0.100. The number of rotatable bonds is 6. The summed E-state index contributed by atoms with van der Waals surface area (Å²) in [5.74, 6) is -0.318. The van der Waals surface area contributed by atoms with E-state index in [9.17, 15) is 4.79 Å². The van der Waals surface area contributed by atoms with Crippen molar-refractivity contribution in [2.45, 2.75) is 26.4 Å². The molecule has 0 amide bonds. The number of carbonyl (C=O) groups excluding carboxylic acids is 1. The fourth-order valence-electron chi connectivity index (χ4n) is 1.41. The van der Waals surface area contributed by atoms with E-state index < -0.39 is 0 Å². The number of hydrogen-bond donors (Lipinski definition) is 1. The lowest BCUT2D eigenvalue weighted by molar-refractivity contribution is -0.145. The molecule has 0 radical (unpaired) electrons. The first-order chi connectivity index (χ1) is 7.65. The van der Waals surface area contributed by atoms with Gasteiger partial charge in [0, 0.05) is 25.0 Å². The van der Waals surface area contributed by atoms with Crippen molar-refractivity contribution in [3.05, 3.63) is 18.5 Å². The third-order valence-corrected chi connectivity index (χ3v) is 2.69. The fourth-order valence-corrected chi connectivity index (χ4v) is 1.41. The summed E-state index contributed by atoms with van der Waals surface area (Å²) in [6.45, 7) is 5.41. The standard InChI is InChI=1S/C11H19N3O2/c1-9(11(15)16-3)10(2)12-6-8-14-7-4-5-13-14/h4-5,7,9-10,12H,6,8H2,1-3H3. The van der Waals surface area contributed by atoms with Crippen molar-refractivity contribution in [1.29, 1.82) is 0 Å². The normalized spacial score (nSPS) is 14.4. The first-order valence-electron chi connectivity index (χ1n) is 5.43. The molecule has 0 spiro atoms. The van der Waals surface area contributed by atoms with Crippen molar-refractivity contribution in [3.63, 3.8) is 0 Å². The zero-order valence-corrected chi connectivity index (χ0v) is 10.0. The van der Waals surface area contributed by atoms with Crippen molar-refractivity contribution in [2.24, 2.45) is 5.92 Å². The van der Waals surface area contributed by atoms with E-state index >= 15 is 0 Å². The molecule has 1 N–H and O–H groups in total. The summed E-state index contributed by atoms with van der Waals surface area (Å²) >= 11 is 0. The second-order valence-electron chi connectivity index (χ2n) is 3.82. The van der Waals surface area contributed by atoms with Gasteiger partial charge in [-0.25, -0.2) is 0 Å². The summed E-state index contributed by atoms with van der Waals surface area (Å²) < 4.78 is 6.54. The number of aromatic nitrogens is 2. The molecule has 0 bridgehead atoms. The highest BCUT2D eigenvalue weighted by Gasteiger charge is 2.19. The molecule has 16 heavy (non-hydrogen) atoms. The quantitative estimate of drug-likeness (QED) is 0.723. The minimum atomic E-state index is -0.181. The molecular weight excluding hydrogens is 206 g/mol.